The molecule has 0 atom stereocenters. The molecule has 19 heavy (non-hydrogen) atoms. The fraction of sp³-hybridized carbons (Fsp3) is 0.400. The van der Waals surface area contributed by atoms with Crippen LogP contribution in [-0.2, 0) is 0 Å². The number of anilines is 1. The van der Waals surface area contributed by atoms with Gasteiger partial charge in [0.1, 0.15) is 5.75 Å². The fourth-order valence-corrected chi connectivity index (χ4v) is 2.60. The summed E-state index contributed by atoms with van der Waals surface area (Å²) >= 11 is 0. The van der Waals surface area contributed by atoms with Gasteiger partial charge < -0.3 is 15.7 Å². The Hall–Kier alpha value is -1.97. The standard InChI is InChI=1S/C15H20N2O2/c1-2-9-17(12-5-3-4-6-12)15(19)11-7-8-13(16)14(18)10-11/h2,7-8,10,12,18H,1,3-6,9,16H2. The summed E-state index contributed by atoms with van der Waals surface area (Å²) in [5, 5.41) is 9.61. The van der Waals surface area contributed by atoms with Crippen molar-refractivity contribution < 1.29 is 9.90 Å². The first-order valence-corrected chi connectivity index (χ1v) is 6.64. The van der Waals surface area contributed by atoms with Gasteiger partial charge in [0.25, 0.3) is 5.91 Å². The molecule has 1 saturated carbocycles. The molecule has 4 heteroatoms. The van der Waals surface area contributed by atoms with Crippen LogP contribution in [0.3, 0.4) is 0 Å². The van der Waals surface area contributed by atoms with Crippen molar-refractivity contribution in [3.8, 4) is 5.75 Å². The molecule has 0 radical (unpaired) electrons. The molecule has 1 amide bonds. The zero-order valence-corrected chi connectivity index (χ0v) is 11.0. The Morgan fingerprint density at radius 2 is 2.16 bits per heavy atom. The van der Waals surface area contributed by atoms with Crippen molar-refractivity contribution in [2.24, 2.45) is 0 Å². The van der Waals surface area contributed by atoms with E-state index in [9.17, 15) is 9.90 Å². The zero-order chi connectivity index (χ0) is 13.8. The van der Waals surface area contributed by atoms with E-state index >= 15 is 0 Å². The summed E-state index contributed by atoms with van der Waals surface area (Å²) in [4.78, 5) is 14.3. The Labute approximate surface area is 113 Å². The predicted molar refractivity (Wildman–Crippen MR) is 76.0 cm³/mol. The average Bonchev–Trinajstić information content (AvgIpc) is 2.92. The number of hydrogen-bond donors (Lipinski definition) is 2. The van der Waals surface area contributed by atoms with Crippen LogP contribution in [0.25, 0.3) is 0 Å². The lowest BCUT2D eigenvalue weighted by Gasteiger charge is -2.28. The molecule has 3 N–H and O–H groups in total. The van der Waals surface area contributed by atoms with Crippen molar-refractivity contribution in [2.75, 3.05) is 12.3 Å². The van der Waals surface area contributed by atoms with Gasteiger partial charge in [-0.1, -0.05) is 18.9 Å². The summed E-state index contributed by atoms with van der Waals surface area (Å²) in [6.45, 7) is 4.25. The van der Waals surface area contributed by atoms with Gasteiger partial charge in [-0.05, 0) is 31.0 Å². The Morgan fingerprint density at radius 3 is 2.74 bits per heavy atom. The monoisotopic (exact) mass is 260 g/mol. The Morgan fingerprint density at radius 1 is 1.47 bits per heavy atom. The summed E-state index contributed by atoms with van der Waals surface area (Å²) in [6, 6.07) is 4.93. The molecule has 0 bridgehead atoms. The van der Waals surface area contributed by atoms with Crippen LogP contribution >= 0.6 is 0 Å². The minimum Gasteiger partial charge on any atom is -0.506 e. The molecule has 0 unspecified atom stereocenters. The number of hydrogen-bond acceptors (Lipinski definition) is 3. The Bertz CT molecular complexity index is 479. The number of nitrogens with zero attached hydrogens (tertiary/aromatic N) is 1. The first kappa shape index (κ1) is 13.5. The van der Waals surface area contributed by atoms with E-state index in [0.29, 0.717) is 12.1 Å². The largest absolute Gasteiger partial charge is 0.506 e. The molecule has 0 heterocycles. The molecule has 1 aromatic rings. The summed E-state index contributed by atoms with van der Waals surface area (Å²) in [7, 11) is 0. The lowest BCUT2D eigenvalue weighted by Crippen LogP contribution is -2.38. The maximum absolute atomic E-state index is 12.5. The van der Waals surface area contributed by atoms with E-state index < -0.39 is 0 Å². The van der Waals surface area contributed by atoms with E-state index in [2.05, 4.69) is 6.58 Å². The minimum absolute atomic E-state index is 0.0455. The van der Waals surface area contributed by atoms with Gasteiger partial charge in [0, 0.05) is 18.2 Å². The van der Waals surface area contributed by atoms with E-state index in [0.717, 1.165) is 12.8 Å². The third kappa shape index (κ3) is 2.89. The molecule has 0 aromatic heterocycles. The van der Waals surface area contributed by atoms with E-state index in [4.69, 9.17) is 5.73 Å². The van der Waals surface area contributed by atoms with Crippen molar-refractivity contribution in [1.82, 2.24) is 4.90 Å². The highest BCUT2D eigenvalue weighted by Gasteiger charge is 2.26. The fourth-order valence-electron chi connectivity index (χ4n) is 2.60. The molecule has 0 spiro atoms. The van der Waals surface area contributed by atoms with Crippen molar-refractivity contribution in [3.05, 3.63) is 36.4 Å². The van der Waals surface area contributed by atoms with Gasteiger partial charge in [-0.2, -0.15) is 0 Å². The van der Waals surface area contributed by atoms with E-state index in [1.165, 1.54) is 18.9 Å². The Balaban J connectivity index is 2.22. The maximum Gasteiger partial charge on any atom is 0.254 e. The predicted octanol–water partition coefficient (Wildman–Crippen LogP) is 2.55. The van der Waals surface area contributed by atoms with Crippen LogP contribution in [0.5, 0.6) is 5.75 Å². The number of carbonyl (C=O) groups excluding carboxylic acids is 1. The molecular formula is C15H20N2O2. The zero-order valence-electron chi connectivity index (χ0n) is 11.0. The lowest BCUT2D eigenvalue weighted by molar-refractivity contribution is 0.0706. The number of rotatable bonds is 4. The summed E-state index contributed by atoms with van der Waals surface area (Å²) in [6.07, 6.45) is 6.16. The van der Waals surface area contributed by atoms with Gasteiger partial charge in [-0.25, -0.2) is 0 Å². The van der Waals surface area contributed by atoms with Gasteiger partial charge in [-0.3, -0.25) is 4.79 Å². The molecule has 1 aromatic carbocycles. The van der Waals surface area contributed by atoms with Crippen molar-refractivity contribution in [2.45, 2.75) is 31.7 Å². The van der Waals surface area contributed by atoms with Crippen LogP contribution in [0.4, 0.5) is 5.69 Å². The second kappa shape index (κ2) is 5.78. The Kier molecular flexibility index (Phi) is 4.10. The third-order valence-corrected chi connectivity index (χ3v) is 3.63. The highest BCUT2D eigenvalue weighted by molar-refractivity contribution is 5.95. The number of benzene rings is 1. The molecule has 2 rings (SSSR count). The highest BCUT2D eigenvalue weighted by atomic mass is 16.3. The molecular weight excluding hydrogens is 240 g/mol. The average molecular weight is 260 g/mol. The SMILES string of the molecule is C=CCN(C(=O)c1ccc(N)c(O)c1)C1CCCC1. The minimum atomic E-state index is -0.0675. The van der Waals surface area contributed by atoms with Gasteiger partial charge in [0.15, 0.2) is 0 Å². The van der Waals surface area contributed by atoms with Gasteiger partial charge in [0.05, 0.1) is 5.69 Å². The second-order valence-electron chi connectivity index (χ2n) is 4.96. The quantitative estimate of drug-likeness (QED) is 0.496. The molecule has 102 valence electrons. The van der Waals surface area contributed by atoms with Crippen LogP contribution in [0, 0.1) is 0 Å². The number of phenolic OH excluding ortho intramolecular Hbond substituents is 1. The molecule has 0 aliphatic heterocycles. The maximum atomic E-state index is 12.5. The van der Waals surface area contributed by atoms with Crippen molar-refractivity contribution >= 4 is 11.6 Å². The number of amides is 1. The summed E-state index contributed by atoms with van der Waals surface area (Å²) in [5.74, 6) is -0.113. The highest BCUT2D eigenvalue weighted by Crippen LogP contribution is 2.27. The van der Waals surface area contributed by atoms with E-state index in [1.807, 2.05) is 4.90 Å². The first-order valence-electron chi connectivity index (χ1n) is 6.64. The van der Waals surface area contributed by atoms with E-state index in [1.54, 1.807) is 18.2 Å². The number of nitrogen functional groups attached to an aromatic ring is 1. The molecule has 1 aliphatic carbocycles. The van der Waals surface area contributed by atoms with Crippen molar-refractivity contribution in [3.63, 3.8) is 0 Å². The second-order valence-corrected chi connectivity index (χ2v) is 4.96. The molecule has 1 fully saturated rings. The third-order valence-electron chi connectivity index (χ3n) is 3.63. The number of nitrogens with two attached hydrogens (primary N) is 1. The van der Waals surface area contributed by atoms with Gasteiger partial charge in [-0.15, -0.1) is 6.58 Å². The smallest absolute Gasteiger partial charge is 0.254 e. The van der Waals surface area contributed by atoms with Crippen LogP contribution in [-0.4, -0.2) is 28.5 Å². The topological polar surface area (TPSA) is 66.6 Å². The number of aromatic hydroxyl groups is 1. The van der Waals surface area contributed by atoms with E-state index in [-0.39, 0.29) is 23.4 Å². The molecule has 1 aliphatic rings. The normalized spacial score (nSPS) is 15.4. The number of phenols is 1. The molecule has 0 saturated heterocycles. The first-order chi connectivity index (χ1) is 9.13. The summed E-state index contributed by atoms with van der Waals surface area (Å²) < 4.78 is 0. The van der Waals surface area contributed by atoms with Gasteiger partial charge >= 0.3 is 0 Å². The summed E-state index contributed by atoms with van der Waals surface area (Å²) in [5.41, 5.74) is 6.31. The van der Waals surface area contributed by atoms with Crippen LogP contribution in [0.2, 0.25) is 0 Å². The van der Waals surface area contributed by atoms with Crippen LogP contribution < -0.4 is 5.73 Å². The van der Waals surface area contributed by atoms with Gasteiger partial charge in [0.2, 0.25) is 0 Å². The number of carbonyl (C=O) groups is 1. The molecule has 4 nitrogen and oxygen atoms in total. The van der Waals surface area contributed by atoms with Crippen LogP contribution in [0.15, 0.2) is 30.9 Å². The lowest BCUT2D eigenvalue weighted by atomic mass is 10.1. The van der Waals surface area contributed by atoms with Crippen LogP contribution in [0.1, 0.15) is 36.0 Å². The van der Waals surface area contributed by atoms with Crippen molar-refractivity contribution in [1.29, 1.82) is 0 Å².